The number of aliphatic hydroxyl groups is 1. The molecular weight excluding hydrogens is 342 g/mol. The Morgan fingerprint density at radius 1 is 1.22 bits per heavy atom. The molecule has 0 aliphatic carbocycles. The second kappa shape index (κ2) is 7.04. The molecular formula is C20H29N5O2. The van der Waals surface area contributed by atoms with Crippen molar-refractivity contribution in [1.29, 1.82) is 0 Å². The predicted molar refractivity (Wildman–Crippen MR) is 104 cm³/mol. The van der Waals surface area contributed by atoms with Crippen molar-refractivity contribution in [2.75, 3.05) is 44.3 Å². The number of hydrogen-bond acceptors (Lipinski definition) is 6. The number of aromatic amines is 1. The molecule has 0 amide bonds. The van der Waals surface area contributed by atoms with Gasteiger partial charge in [-0.3, -0.25) is 4.90 Å². The number of nitrogens with one attached hydrogen (secondary N) is 1. The first kappa shape index (κ1) is 17.4. The molecule has 0 saturated carbocycles. The summed E-state index contributed by atoms with van der Waals surface area (Å²) in [5, 5.41) is 11.6. The van der Waals surface area contributed by atoms with E-state index in [0.29, 0.717) is 6.04 Å². The van der Waals surface area contributed by atoms with Crippen LogP contribution in [0.15, 0.2) is 18.5 Å². The maximum atomic E-state index is 10.6. The predicted octanol–water partition coefficient (Wildman–Crippen LogP) is 1.79. The van der Waals surface area contributed by atoms with Crippen LogP contribution in [0.5, 0.6) is 0 Å². The standard InChI is InChI=1S/C20H29N5O2/c26-17-11-20(14-25(13-17)16-2-9-27-10-3-16)4-7-24(8-5-20)19-22-12-15-1-6-21-18(15)23-19/h1,6,12,16-17,26H,2-5,7-11,13-14H2,(H,21,22,23). The molecule has 3 aliphatic rings. The average Bonchev–Trinajstić information content (AvgIpc) is 3.16. The van der Waals surface area contributed by atoms with Crippen molar-refractivity contribution in [3.8, 4) is 0 Å². The van der Waals surface area contributed by atoms with Gasteiger partial charge in [0.15, 0.2) is 0 Å². The second-order valence-corrected chi connectivity index (χ2v) is 8.57. The van der Waals surface area contributed by atoms with E-state index < -0.39 is 0 Å². The molecule has 5 rings (SSSR count). The van der Waals surface area contributed by atoms with E-state index in [4.69, 9.17) is 4.74 Å². The number of fused-ring (bicyclic) bond motifs is 1. The van der Waals surface area contributed by atoms with E-state index in [1.807, 2.05) is 18.5 Å². The quantitative estimate of drug-likeness (QED) is 0.838. The second-order valence-electron chi connectivity index (χ2n) is 8.57. The molecule has 7 heteroatoms. The van der Waals surface area contributed by atoms with Crippen LogP contribution in [0.1, 0.15) is 32.1 Å². The number of ether oxygens (including phenoxy) is 1. The van der Waals surface area contributed by atoms with Crippen molar-refractivity contribution >= 4 is 17.0 Å². The Morgan fingerprint density at radius 3 is 2.85 bits per heavy atom. The molecule has 3 saturated heterocycles. The van der Waals surface area contributed by atoms with Gasteiger partial charge in [0.25, 0.3) is 0 Å². The molecule has 3 fully saturated rings. The number of β-amino-alcohol motifs (C(OH)–C–C–N with tert-alkyl or cyclic N) is 1. The fraction of sp³-hybridized carbons (Fsp3) is 0.700. The van der Waals surface area contributed by atoms with Gasteiger partial charge in [0.05, 0.1) is 6.10 Å². The first-order valence-corrected chi connectivity index (χ1v) is 10.3. The monoisotopic (exact) mass is 371 g/mol. The van der Waals surface area contributed by atoms with Gasteiger partial charge in [-0.1, -0.05) is 0 Å². The summed E-state index contributed by atoms with van der Waals surface area (Å²) in [6, 6.07) is 2.57. The van der Waals surface area contributed by atoms with Crippen LogP contribution in [0.3, 0.4) is 0 Å². The average molecular weight is 371 g/mol. The number of anilines is 1. The van der Waals surface area contributed by atoms with Crippen LogP contribution in [-0.2, 0) is 4.74 Å². The number of nitrogens with zero attached hydrogens (tertiary/aromatic N) is 4. The summed E-state index contributed by atoms with van der Waals surface area (Å²) in [5.74, 6) is 0.817. The first-order chi connectivity index (χ1) is 13.2. The molecule has 5 heterocycles. The van der Waals surface area contributed by atoms with Gasteiger partial charge in [0.2, 0.25) is 5.95 Å². The van der Waals surface area contributed by atoms with Crippen LogP contribution in [0.4, 0.5) is 5.95 Å². The van der Waals surface area contributed by atoms with Crippen LogP contribution < -0.4 is 4.90 Å². The van der Waals surface area contributed by atoms with Crippen molar-refractivity contribution in [3.63, 3.8) is 0 Å². The maximum Gasteiger partial charge on any atom is 0.227 e. The van der Waals surface area contributed by atoms with Crippen molar-refractivity contribution < 1.29 is 9.84 Å². The summed E-state index contributed by atoms with van der Waals surface area (Å²) in [7, 11) is 0. The lowest BCUT2D eigenvalue weighted by molar-refractivity contribution is -0.0602. The number of aliphatic hydroxyl groups excluding tert-OH is 1. The number of aromatic nitrogens is 3. The summed E-state index contributed by atoms with van der Waals surface area (Å²) in [5.41, 5.74) is 1.13. The topological polar surface area (TPSA) is 77.5 Å². The fourth-order valence-corrected chi connectivity index (χ4v) is 5.25. The van der Waals surface area contributed by atoms with Crippen molar-refractivity contribution in [1.82, 2.24) is 19.9 Å². The third kappa shape index (κ3) is 3.44. The SMILES string of the molecule is OC1CN(C2CCOCC2)CC2(CCN(c3ncc4cc[nH]c4n3)CC2)C1. The zero-order valence-electron chi connectivity index (χ0n) is 15.8. The first-order valence-electron chi connectivity index (χ1n) is 10.3. The van der Waals surface area contributed by atoms with Crippen LogP contribution in [0.25, 0.3) is 11.0 Å². The van der Waals surface area contributed by atoms with E-state index in [2.05, 4.69) is 24.8 Å². The Morgan fingerprint density at radius 2 is 2.04 bits per heavy atom. The maximum absolute atomic E-state index is 10.6. The summed E-state index contributed by atoms with van der Waals surface area (Å²) in [4.78, 5) is 17.3. The van der Waals surface area contributed by atoms with Gasteiger partial charge in [-0.15, -0.1) is 0 Å². The molecule has 0 aromatic carbocycles. The van der Waals surface area contributed by atoms with E-state index in [1.165, 1.54) is 0 Å². The Hall–Kier alpha value is -1.70. The minimum Gasteiger partial charge on any atom is -0.392 e. The van der Waals surface area contributed by atoms with Crippen molar-refractivity contribution in [3.05, 3.63) is 18.5 Å². The largest absolute Gasteiger partial charge is 0.392 e. The summed E-state index contributed by atoms with van der Waals surface area (Å²) >= 11 is 0. The smallest absolute Gasteiger partial charge is 0.227 e. The van der Waals surface area contributed by atoms with Gasteiger partial charge in [-0.2, -0.15) is 4.98 Å². The van der Waals surface area contributed by atoms with E-state index in [-0.39, 0.29) is 11.5 Å². The molecule has 0 radical (unpaired) electrons. The van der Waals surface area contributed by atoms with Gasteiger partial charge in [0, 0.05) is 63.2 Å². The van der Waals surface area contributed by atoms with Gasteiger partial charge in [-0.25, -0.2) is 4.98 Å². The zero-order chi connectivity index (χ0) is 18.3. The highest BCUT2D eigenvalue weighted by atomic mass is 16.5. The Balaban J connectivity index is 1.27. The van der Waals surface area contributed by atoms with Crippen LogP contribution >= 0.6 is 0 Å². The number of likely N-dealkylation sites (tertiary alicyclic amines) is 1. The lowest BCUT2D eigenvalue weighted by Crippen LogP contribution is -2.57. The highest BCUT2D eigenvalue weighted by Crippen LogP contribution is 2.41. The molecule has 1 unspecified atom stereocenters. The summed E-state index contributed by atoms with van der Waals surface area (Å²) in [6.07, 6.45) is 8.90. The molecule has 3 aliphatic heterocycles. The zero-order valence-corrected chi connectivity index (χ0v) is 15.8. The third-order valence-corrected chi connectivity index (χ3v) is 6.75. The number of hydrogen-bond donors (Lipinski definition) is 2. The molecule has 27 heavy (non-hydrogen) atoms. The summed E-state index contributed by atoms with van der Waals surface area (Å²) in [6.45, 7) is 5.57. The number of piperidine rings is 2. The van der Waals surface area contributed by atoms with Gasteiger partial charge in [-0.05, 0) is 43.6 Å². The lowest BCUT2D eigenvalue weighted by atomic mass is 9.71. The van der Waals surface area contributed by atoms with Crippen LogP contribution in [0.2, 0.25) is 0 Å². The van der Waals surface area contributed by atoms with E-state index in [1.54, 1.807) is 0 Å². The summed E-state index contributed by atoms with van der Waals surface area (Å²) < 4.78 is 5.53. The minimum absolute atomic E-state index is 0.209. The van der Waals surface area contributed by atoms with Crippen LogP contribution in [-0.4, -0.2) is 76.5 Å². The van der Waals surface area contributed by atoms with Crippen molar-refractivity contribution in [2.45, 2.75) is 44.2 Å². The number of H-pyrrole nitrogens is 1. The molecule has 2 aromatic heterocycles. The van der Waals surface area contributed by atoms with E-state index in [9.17, 15) is 5.11 Å². The van der Waals surface area contributed by atoms with E-state index in [0.717, 1.165) is 88.5 Å². The molecule has 2 aromatic rings. The van der Waals surface area contributed by atoms with Gasteiger partial charge < -0.3 is 19.7 Å². The fourth-order valence-electron chi connectivity index (χ4n) is 5.25. The van der Waals surface area contributed by atoms with Crippen LogP contribution in [0, 0.1) is 5.41 Å². The minimum atomic E-state index is -0.209. The number of rotatable bonds is 2. The van der Waals surface area contributed by atoms with Gasteiger partial charge in [0.1, 0.15) is 5.65 Å². The molecule has 7 nitrogen and oxygen atoms in total. The highest BCUT2D eigenvalue weighted by Gasteiger charge is 2.43. The van der Waals surface area contributed by atoms with E-state index >= 15 is 0 Å². The molecule has 1 atom stereocenters. The Bertz CT molecular complexity index is 780. The molecule has 1 spiro atoms. The Kier molecular flexibility index (Phi) is 4.53. The van der Waals surface area contributed by atoms with Gasteiger partial charge >= 0.3 is 0 Å². The van der Waals surface area contributed by atoms with Crippen molar-refractivity contribution in [2.24, 2.45) is 5.41 Å². The third-order valence-electron chi connectivity index (χ3n) is 6.75. The molecule has 146 valence electrons. The Labute approximate surface area is 159 Å². The molecule has 2 N–H and O–H groups in total. The highest BCUT2D eigenvalue weighted by molar-refractivity contribution is 5.75. The normalized spacial score (nSPS) is 27.4. The lowest BCUT2D eigenvalue weighted by Gasteiger charge is -2.51. The molecule has 0 bridgehead atoms.